The van der Waals surface area contributed by atoms with Gasteiger partial charge in [-0.2, -0.15) is 0 Å². The van der Waals surface area contributed by atoms with Gasteiger partial charge in [-0.25, -0.2) is 0 Å². The van der Waals surface area contributed by atoms with Gasteiger partial charge in [0, 0.05) is 23.7 Å². The SMILES string of the molecule is O=C(NCCSc1ccccc1)C1CCCNC1. The number of carbonyl (C=O) groups excluding carboxylic acids is 1. The lowest BCUT2D eigenvalue weighted by Crippen LogP contribution is -2.41. The summed E-state index contributed by atoms with van der Waals surface area (Å²) >= 11 is 1.78. The molecule has 3 nitrogen and oxygen atoms in total. The van der Waals surface area contributed by atoms with Crippen LogP contribution in [0.15, 0.2) is 35.2 Å². The van der Waals surface area contributed by atoms with E-state index in [1.165, 1.54) is 4.90 Å². The fourth-order valence-electron chi connectivity index (χ4n) is 2.08. The normalized spacial score (nSPS) is 19.4. The van der Waals surface area contributed by atoms with Crippen molar-refractivity contribution in [1.82, 2.24) is 10.6 Å². The number of thioether (sulfide) groups is 1. The molecule has 1 saturated heterocycles. The van der Waals surface area contributed by atoms with E-state index in [-0.39, 0.29) is 11.8 Å². The van der Waals surface area contributed by atoms with E-state index in [0.717, 1.165) is 38.2 Å². The zero-order valence-electron chi connectivity index (χ0n) is 10.5. The minimum absolute atomic E-state index is 0.167. The predicted octanol–water partition coefficient (Wildman–Crippen LogP) is 1.89. The zero-order chi connectivity index (χ0) is 12.6. The molecule has 2 N–H and O–H groups in total. The maximum absolute atomic E-state index is 11.8. The molecule has 1 aliphatic heterocycles. The van der Waals surface area contributed by atoms with Gasteiger partial charge < -0.3 is 10.6 Å². The zero-order valence-corrected chi connectivity index (χ0v) is 11.3. The lowest BCUT2D eigenvalue weighted by Gasteiger charge is -2.21. The lowest BCUT2D eigenvalue weighted by molar-refractivity contribution is -0.125. The molecule has 1 heterocycles. The molecule has 0 bridgehead atoms. The average molecular weight is 264 g/mol. The quantitative estimate of drug-likeness (QED) is 0.630. The Bertz CT molecular complexity index is 363. The first kappa shape index (κ1) is 13.4. The molecular formula is C14H20N2OS. The second-order valence-corrected chi connectivity index (χ2v) is 5.66. The summed E-state index contributed by atoms with van der Waals surface area (Å²) in [6, 6.07) is 10.3. The summed E-state index contributed by atoms with van der Waals surface area (Å²) < 4.78 is 0. The highest BCUT2D eigenvalue weighted by molar-refractivity contribution is 7.99. The van der Waals surface area contributed by atoms with Gasteiger partial charge in [0.15, 0.2) is 0 Å². The summed E-state index contributed by atoms with van der Waals surface area (Å²) in [6.07, 6.45) is 2.13. The van der Waals surface area contributed by atoms with Crippen LogP contribution in [-0.2, 0) is 4.79 Å². The number of carbonyl (C=O) groups is 1. The van der Waals surface area contributed by atoms with E-state index >= 15 is 0 Å². The van der Waals surface area contributed by atoms with E-state index in [2.05, 4.69) is 22.8 Å². The predicted molar refractivity (Wildman–Crippen MR) is 75.8 cm³/mol. The van der Waals surface area contributed by atoms with Crippen molar-refractivity contribution < 1.29 is 4.79 Å². The first-order valence-electron chi connectivity index (χ1n) is 6.52. The second kappa shape index (κ2) is 7.44. The molecule has 0 aromatic heterocycles. The molecule has 1 amide bonds. The second-order valence-electron chi connectivity index (χ2n) is 4.50. The topological polar surface area (TPSA) is 41.1 Å². The standard InChI is InChI=1S/C14H20N2OS/c17-14(12-5-4-8-15-11-12)16-9-10-18-13-6-2-1-3-7-13/h1-3,6-7,12,15H,4-5,8-11H2,(H,16,17). The Kier molecular flexibility index (Phi) is 5.55. The van der Waals surface area contributed by atoms with Gasteiger partial charge >= 0.3 is 0 Å². The molecule has 1 fully saturated rings. The van der Waals surface area contributed by atoms with Crippen molar-refractivity contribution in [3.63, 3.8) is 0 Å². The summed E-state index contributed by atoms with van der Waals surface area (Å²) in [5.74, 6) is 1.30. The number of hydrogen-bond acceptors (Lipinski definition) is 3. The van der Waals surface area contributed by atoms with E-state index in [1.54, 1.807) is 11.8 Å². The van der Waals surface area contributed by atoms with E-state index < -0.39 is 0 Å². The van der Waals surface area contributed by atoms with Crippen molar-refractivity contribution in [2.24, 2.45) is 5.92 Å². The summed E-state index contributed by atoms with van der Waals surface area (Å²) in [7, 11) is 0. The van der Waals surface area contributed by atoms with Gasteiger partial charge in [-0.1, -0.05) is 18.2 Å². The first-order valence-corrected chi connectivity index (χ1v) is 7.51. The molecule has 0 spiro atoms. The average Bonchev–Trinajstić information content (AvgIpc) is 2.45. The molecular weight excluding hydrogens is 244 g/mol. The van der Waals surface area contributed by atoms with E-state index in [9.17, 15) is 4.79 Å². The largest absolute Gasteiger partial charge is 0.355 e. The highest BCUT2D eigenvalue weighted by atomic mass is 32.2. The van der Waals surface area contributed by atoms with Gasteiger partial charge in [0.1, 0.15) is 0 Å². The Morgan fingerprint density at radius 2 is 2.22 bits per heavy atom. The molecule has 1 aromatic rings. The van der Waals surface area contributed by atoms with Crippen LogP contribution in [0.2, 0.25) is 0 Å². The number of hydrogen-bond donors (Lipinski definition) is 2. The maximum Gasteiger partial charge on any atom is 0.224 e. The summed E-state index contributed by atoms with van der Waals surface area (Å²) in [4.78, 5) is 13.1. The number of benzene rings is 1. The van der Waals surface area contributed by atoms with Crippen molar-refractivity contribution in [2.75, 3.05) is 25.4 Å². The molecule has 1 aromatic carbocycles. The van der Waals surface area contributed by atoms with E-state index in [0.29, 0.717) is 0 Å². The third-order valence-electron chi connectivity index (χ3n) is 3.08. The minimum Gasteiger partial charge on any atom is -0.355 e. The highest BCUT2D eigenvalue weighted by Crippen LogP contribution is 2.16. The minimum atomic E-state index is 0.167. The molecule has 1 aliphatic rings. The Morgan fingerprint density at radius 3 is 2.94 bits per heavy atom. The monoisotopic (exact) mass is 264 g/mol. The third-order valence-corrected chi connectivity index (χ3v) is 4.09. The highest BCUT2D eigenvalue weighted by Gasteiger charge is 2.19. The van der Waals surface area contributed by atoms with Gasteiger partial charge in [0.05, 0.1) is 5.92 Å². The van der Waals surface area contributed by atoms with Crippen LogP contribution in [0, 0.1) is 5.92 Å². The van der Waals surface area contributed by atoms with Crippen LogP contribution in [0.3, 0.4) is 0 Å². The van der Waals surface area contributed by atoms with Gasteiger partial charge in [0.2, 0.25) is 5.91 Å². The fourth-order valence-corrected chi connectivity index (χ4v) is 2.87. The summed E-state index contributed by atoms with van der Waals surface area (Å²) in [5, 5.41) is 6.29. The summed E-state index contributed by atoms with van der Waals surface area (Å²) in [5.41, 5.74) is 0. The van der Waals surface area contributed by atoms with Crippen molar-refractivity contribution in [2.45, 2.75) is 17.7 Å². The van der Waals surface area contributed by atoms with Crippen LogP contribution in [0.25, 0.3) is 0 Å². The smallest absolute Gasteiger partial charge is 0.224 e. The van der Waals surface area contributed by atoms with Crippen LogP contribution < -0.4 is 10.6 Å². The molecule has 1 unspecified atom stereocenters. The van der Waals surface area contributed by atoms with E-state index in [1.807, 2.05) is 18.2 Å². The summed E-state index contributed by atoms with van der Waals surface area (Å²) in [6.45, 7) is 2.63. The van der Waals surface area contributed by atoms with Crippen molar-refractivity contribution >= 4 is 17.7 Å². The molecule has 18 heavy (non-hydrogen) atoms. The maximum atomic E-state index is 11.8. The van der Waals surface area contributed by atoms with Gasteiger partial charge in [0.25, 0.3) is 0 Å². The third kappa shape index (κ3) is 4.35. The molecule has 0 aliphatic carbocycles. The molecule has 1 atom stereocenters. The Morgan fingerprint density at radius 1 is 1.39 bits per heavy atom. The Balaban J connectivity index is 1.61. The molecule has 0 saturated carbocycles. The van der Waals surface area contributed by atoms with Gasteiger partial charge in [-0.15, -0.1) is 11.8 Å². The molecule has 98 valence electrons. The number of nitrogens with one attached hydrogen (secondary N) is 2. The molecule has 0 radical (unpaired) electrons. The molecule has 2 rings (SSSR count). The van der Waals surface area contributed by atoms with Crippen LogP contribution in [0.1, 0.15) is 12.8 Å². The Labute approximate surface area is 113 Å². The van der Waals surface area contributed by atoms with Crippen molar-refractivity contribution in [3.05, 3.63) is 30.3 Å². The fraction of sp³-hybridized carbons (Fsp3) is 0.500. The van der Waals surface area contributed by atoms with Crippen molar-refractivity contribution in [3.8, 4) is 0 Å². The number of rotatable bonds is 5. The number of piperidine rings is 1. The van der Waals surface area contributed by atoms with Crippen LogP contribution >= 0.6 is 11.8 Å². The first-order chi connectivity index (χ1) is 8.86. The van der Waals surface area contributed by atoms with Crippen LogP contribution in [0.4, 0.5) is 0 Å². The van der Waals surface area contributed by atoms with E-state index in [4.69, 9.17) is 0 Å². The lowest BCUT2D eigenvalue weighted by atomic mass is 9.99. The van der Waals surface area contributed by atoms with Crippen LogP contribution in [0.5, 0.6) is 0 Å². The van der Waals surface area contributed by atoms with Crippen LogP contribution in [-0.4, -0.2) is 31.3 Å². The van der Waals surface area contributed by atoms with Gasteiger partial charge in [-0.3, -0.25) is 4.79 Å². The van der Waals surface area contributed by atoms with Gasteiger partial charge in [-0.05, 0) is 31.5 Å². The number of amides is 1. The Hall–Kier alpha value is -1.00. The molecule has 4 heteroatoms. The van der Waals surface area contributed by atoms with Crippen molar-refractivity contribution in [1.29, 1.82) is 0 Å².